The van der Waals surface area contributed by atoms with Gasteiger partial charge in [-0.1, -0.05) is 6.42 Å². The molecule has 1 N–H and O–H groups in total. The summed E-state index contributed by atoms with van der Waals surface area (Å²) in [5.41, 5.74) is 0.645. The minimum absolute atomic E-state index is 0.00845. The molecule has 32 heavy (non-hydrogen) atoms. The molecule has 4 rings (SSSR count). The maximum atomic E-state index is 13.2. The molecule has 8 nitrogen and oxygen atoms in total. The van der Waals surface area contributed by atoms with Gasteiger partial charge in [-0.25, -0.2) is 4.79 Å². The van der Waals surface area contributed by atoms with Gasteiger partial charge in [-0.05, 0) is 70.7 Å². The fourth-order valence-corrected chi connectivity index (χ4v) is 4.48. The number of amides is 2. The molecule has 0 bridgehead atoms. The Balaban J connectivity index is 1.40. The molecule has 2 aromatic rings. The van der Waals surface area contributed by atoms with Crippen LogP contribution in [0.4, 0.5) is 10.5 Å². The highest BCUT2D eigenvalue weighted by molar-refractivity contribution is 5.95. The Labute approximate surface area is 189 Å². The van der Waals surface area contributed by atoms with Crippen LogP contribution in [0.1, 0.15) is 80.8 Å². The molecule has 3 heterocycles. The van der Waals surface area contributed by atoms with Crippen molar-refractivity contribution < 1.29 is 14.3 Å². The summed E-state index contributed by atoms with van der Waals surface area (Å²) in [4.78, 5) is 27.0. The van der Waals surface area contributed by atoms with Crippen molar-refractivity contribution in [2.24, 2.45) is 0 Å². The van der Waals surface area contributed by atoms with Crippen LogP contribution in [0, 0.1) is 0 Å². The van der Waals surface area contributed by atoms with Crippen LogP contribution in [0.25, 0.3) is 0 Å². The number of piperidine rings is 1. The van der Waals surface area contributed by atoms with Gasteiger partial charge in [0.2, 0.25) is 0 Å². The Kier molecular flexibility index (Phi) is 6.48. The van der Waals surface area contributed by atoms with Crippen molar-refractivity contribution in [3.05, 3.63) is 41.5 Å². The van der Waals surface area contributed by atoms with Gasteiger partial charge in [0.05, 0.1) is 0 Å². The first-order valence-corrected chi connectivity index (χ1v) is 11.6. The average Bonchev–Trinajstić information content (AvgIpc) is 3.01. The fraction of sp³-hybridized carbons (Fsp3) is 0.583. The Hall–Kier alpha value is -2.90. The minimum atomic E-state index is -0.562. The second kappa shape index (κ2) is 9.30. The number of aryl methyl sites for hydroxylation is 1. The molecule has 1 saturated heterocycles. The van der Waals surface area contributed by atoms with E-state index in [9.17, 15) is 9.59 Å². The molecular formula is C24H33N5O3. The molecule has 0 saturated carbocycles. The van der Waals surface area contributed by atoms with Gasteiger partial charge in [0.15, 0.2) is 0 Å². The molecule has 2 aliphatic heterocycles. The normalized spacial score (nSPS) is 19.1. The van der Waals surface area contributed by atoms with Crippen LogP contribution >= 0.6 is 0 Å². The second-order valence-corrected chi connectivity index (χ2v) is 9.73. The number of hydrogen-bond donors (Lipinski definition) is 1. The third-order valence-electron chi connectivity index (χ3n) is 5.99. The van der Waals surface area contributed by atoms with E-state index in [-0.39, 0.29) is 11.8 Å². The molecule has 0 unspecified atom stereocenters. The zero-order chi connectivity index (χ0) is 22.7. The Morgan fingerprint density at radius 3 is 2.56 bits per heavy atom. The highest BCUT2D eigenvalue weighted by atomic mass is 16.6. The average molecular weight is 440 g/mol. The van der Waals surface area contributed by atoms with E-state index in [2.05, 4.69) is 20.1 Å². The van der Waals surface area contributed by atoms with E-state index in [0.717, 1.165) is 50.4 Å². The molecule has 0 spiro atoms. The predicted molar refractivity (Wildman–Crippen MR) is 122 cm³/mol. The number of nitrogens with one attached hydrogen (secondary N) is 1. The predicted octanol–water partition coefficient (Wildman–Crippen LogP) is 4.37. The van der Waals surface area contributed by atoms with Crippen molar-refractivity contribution in [3.63, 3.8) is 0 Å². The van der Waals surface area contributed by atoms with Crippen molar-refractivity contribution in [1.29, 1.82) is 0 Å². The van der Waals surface area contributed by atoms with Crippen LogP contribution in [-0.4, -0.2) is 50.4 Å². The largest absolute Gasteiger partial charge is 0.444 e. The molecule has 0 radical (unpaired) electrons. The number of benzene rings is 1. The van der Waals surface area contributed by atoms with Crippen LogP contribution in [0.15, 0.2) is 24.3 Å². The van der Waals surface area contributed by atoms with E-state index in [1.807, 2.05) is 25.7 Å². The Bertz CT molecular complexity index is 961. The van der Waals surface area contributed by atoms with Crippen molar-refractivity contribution >= 4 is 17.7 Å². The zero-order valence-corrected chi connectivity index (χ0v) is 19.3. The van der Waals surface area contributed by atoms with Gasteiger partial charge in [-0.3, -0.25) is 10.1 Å². The van der Waals surface area contributed by atoms with E-state index in [4.69, 9.17) is 4.74 Å². The number of rotatable bonds is 3. The van der Waals surface area contributed by atoms with Crippen molar-refractivity contribution in [3.8, 4) is 0 Å². The van der Waals surface area contributed by atoms with Gasteiger partial charge in [0.1, 0.15) is 17.2 Å². The summed E-state index contributed by atoms with van der Waals surface area (Å²) in [7, 11) is 0. The third-order valence-corrected chi connectivity index (χ3v) is 5.99. The number of carbonyl (C=O) groups is 2. The van der Waals surface area contributed by atoms with E-state index in [1.54, 1.807) is 24.3 Å². The zero-order valence-electron chi connectivity index (χ0n) is 19.3. The minimum Gasteiger partial charge on any atom is -0.444 e. The number of hydrogen-bond acceptors (Lipinski definition) is 5. The highest BCUT2D eigenvalue weighted by Gasteiger charge is 2.30. The van der Waals surface area contributed by atoms with Crippen molar-refractivity contribution in [2.45, 2.75) is 77.4 Å². The molecule has 1 atom stereocenters. The smallest absolute Gasteiger partial charge is 0.412 e. The van der Waals surface area contributed by atoms with E-state index < -0.39 is 11.7 Å². The summed E-state index contributed by atoms with van der Waals surface area (Å²) in [6, 6.07) is 6.97. The lowest BCUT2D eigenvalue weighted by molar-refractivity contribution is 0.0635. The number of likely N-dealkylation sites (tertiary alicyclic amines) is 1. The van der Waals surface area contributed by atoms with Crippen LogP contribution in [-0.2, 0) is 17.7 Å². The number of carbonyl (C=O) groups excluding carboxylic acids is 2. The molecule has 0 aliphatic carbocycles. The molecule has 172 valence electrons. The van der Waals surface area contributed by atoms with Crippen LogP contribution in [0.3, 0.4) is 0 Å². The van der Waals surface area contributed by atoms with Gasteiger partial charge in [-0.15, -0.1) is 10.2 Å². The van der Waals surface area contributed by atoms with Gasteiger partial charge in [-0.2, -0.15) is 0 Å². The molecule has 1 aromatic carbocycles. The van der Waals surface area contributed by atoms with Crippen molar-refractivity contribution in [1.82, 2.24) is 19.7 Å². The lowest BCUT2D eigenvalue weighted by Gasteiger charge is -2.32. The Morgan fingerprint density at radius 2 is 1.81 bits per heavy atom. The maximum absolute atomic E-state index is 13.2. The molecule has 2 amide bonds. The number of ether oxygens (including phenoxy) is 1. The SMILES string of the molecule is CC(C)(C)OC(=O)Nc1ccc(C(=O)N2CCC[C@@H](c3nnc4n3CCCCC4)C2)cc1. The van der Waals surface area contributed by atoms with E-state index in [1.165, 1.54) is 12.8 Å². The first-order valence-electron chi connectivity index (χ1n) is 11.6. The first-order chi connectivity index (χ1) is 15.3. The third kappa shape index (κ3) is 5.29. The topological polar surface area (TPSA) is 89.3 Å². The summed E-state index contributed by atoms with van der Waals surface area (Å²) in [5, 5.41) is 11.7. The maximum Gasteiger partial charge on any atom is 0.412 e. The van der Waals surface area contributed by atoms with Crippen LogP contribution in [0.2, 0.25) is 0 Å². The van der Waals surface area contributed by atoms with Gasteiger partial charge < -0.3 is 14.2 Å². The standard InChI is InChI=1S/C24H33N5O3/c1-24(2,3)32-23(31)25-19-12-10-17(11-13-19)22(30)28-14-7-8-18(16-28)21-27-26-20-9-5-4-6-15-29(20)21/h10-13,18H,4-9,14-16H2,1-3H3,(H,25,31)/t18-/m1/s1. The monoisotopic (exact) mass is 439 g/mol. The van der Waals surface area contributed by atoms with E-state index >= 15 is 0 Å². The van der Waals surface area contributed by atoms with E-state index in [0.29, 0.717) is 17.8 Å². The van der Waals surface area contributed by atoms with Crippen molar-refractivity contribution in [2.75, 3.05) is 18.4 Å². The number of fused-ring (bicyclic) bond motifs is 1. The molecule has 1 fully saturated rings. The quantitative estimate of drug-likeness (QED) is 0.767. The lowest BCUT2D eigenvalue weighted by Crippen LogP contribution is -2.39. The summed E-state index contributed by atoms with van der Waals surface area (Å²) in [6.07, 6.45) is 6.03. The number of aromatic nitrogens is 3. The molecule has 1 aromatic heterocycles. The summed E-state index contributed by atoms with van der Waals surface area (Å²) >= 11 is 0. The second-order valence-electron chi connectivity index (χ2n) is 9.73. The molecule has 8 heteroatoms. The Morgan fingerprint density at radius 1 is 1.03 bits per heavy atom. The lowest BCUT2D eigenvalue weighted by atomic mass is 9.96. The molecule has 2 aliphatic rings. The molecular weight excluding hydrogens is 406 g/mol. The van der Waals surface area contributed by atoms with Gasteiger partial charge >= 0.3 is 6.09 Å². The van der Waals surface area contributed by atoms with Gasteiger partial charge in [0.25, 0.3) is 5.91 Å². The number of nitrogens with zero attached hydrogens (tertiary/aromatic N) is 4. The fourth-order valence-electron chi connectivity index (χ4n) is 4.48. The van der Waals surface area contributed by atoms with Crippen LogP contribution in [0.5, 0.6) is 0 Å². The van der Waals surface area contributed by atoms with Gasteiger partial charge in [0, 0.05) is 43.2 Å². The highest BCUT2D eigenvalue weighted by Crippen LogP contribution is 2.29. The summed E-state index contributed by atoms with van der Waals surface area (Å²) < 4.78 is 7.57. The summed E-state index contributed by atoms with van der Waals surface area (Å²) in [6.45, 7) is 7.84. The number of anilines is 1. The van der Waals surface area contributed by atoms with Crippen LogP contribution < -0.4 is 5.32 Å². The first kappa shape index (κ1) is 22.3. The summed E-state index contributed by atoms with van der Waals surface area (Å²) in [5.74, 6) is 2.36.